The van der Waals surface area contributed by atoms with E-state index in [2.05, 4.69) is 10.9 Å². The molecule has 2 amide bonds. The molecule has 0 radical (unpaired) electrons. The van der Waals surface area contributed by atoms with Gasteiger partial charge < -0.3 is 9.47 Å². The highest BCUT2D eigenvalue weighted by Gasteiger charge is 2.37. The molecule has 2 aromatic carbocycles. The molecular formula is C22H27N3O6S. The number of sulfonamides is 1. The fourth-order valence-electron chi connectivity index (χ4n) is 3.42. The van der Waals surface area contributed by atoms with Gasteiger partial charge in [0.2, 0.25) is 10.0 Å². The summed E-state index contributed by atoms with van der Waals surface area (Å²) in [5.74, 6) is -0.260. The van der Waals surface area contributed by atoms with Gasteiger partial charge in [-0.2, -0.15) is 4.31 Å². The van der Waals surface area contributed by atoms with Crippen LogP contribution in [0.15, 0.2) is 59.5 Å². The van der Waals surface area contributed by atoms with Crippen molar-refractivity contribution >= 4 is 21.8 Å². The van der Waals surface area contributed by atoms with Crippen LogP contribution in [0, 0.1) is 0 Å². The summed E-state index contributed by atoms with van der Waals surface area (Å²) in [4.78, 5) is 25.0. The summed E-state index contributed by atoms with van der Waals surface area (Å²) in [5, 5.41) is 0. The summed E-state index contributed by atoms with van der Waals surface area (Å²) < 4.78 is 38.1. The second-order valence-corrected chi connectivity index (χ2v) is 9.04. The Kier molecular flexibility index (Phi) is 8.07. The van der Waals surface area contributed by atoms with E-state index in [1.54, 1.807) is 42.5 Å². The minimum atomic E-state index is -3.83. The number of hydrogen-bond donors (Lipinski definition) is 2. The lowest BCUT2D eigenvalue weighted by atomic mass is 10.0. The third kappa shape index (κ3) is 5.77. The van der Waals surface area contributed by atoms with E-state index >= 15 is 0 Å². The molecule has 0 aliphatic carbocycles. The zero-order valence-corrected chi connectivity index (χ0v) is 18.6. The first-order valence-corrected chi connectivity index (χ1v) is 11.9. The molecule has 1 aliphatic heterocycles. The average Bonchev–Trinajstić information content (AvgIpc) is 2.82. The molecule has 32 heavy (non-hydrogen) atoms. The second kappa shape index (κ2) is 11.0. The summed E-state index contributed by atoms with van der Waals surface area (Å²) in [6.07, 6.45) is 1.74. The Balaban J connectivity index is 1.58. The maximum Gasteiger partial charge on any atom is 0.276 e. The number of nitrogens with zero attached hydrogens (tertiary/aromatic N) is 1. The molecule has 2 aromatic rings. The third-order valence-electron chi connectivity index (χ3n) is 4.94. The highest BCUT2D eigenvalue weighted by Crippen LogP contribution is 2.26. The van der Waals surface area contributed by atoms with Crippen molar-refractivity contribution in [2.24, 2.45) is 0 Å². The van der Waals surface area contributed by atoms with E-state index < -0.39 is 27.9 Å². The molecule has 2 N–H and O–H groups in total. The first-order chi connectivity index (χ1) is 15.4. The Morgan fingerprint density at radius 2 is 1.62 bits per heavy atom. The van der Waals surface area contributed by atoms with Crippen LogP contribution in [0.2, 0.25) is 0 Å². The average molecular weight is 462 g/mol. The van der Waals surface area contributed by atoms with Crippen LogP contribution < -0.4 is 20.3 Å². The second-order valence-electron chi connectivity index (χ2n) is 7.15. The van der Waals surface area contributed by atoms with Gasteiger partial charge in [-0.1, -0.05) is 36.8 Å². The van der Waals surface area contributed by atoms with Crippen LogP contribution in [0.1, 0.15) is 26.2 Å². The maximum atomic E-state index is 13.0. The molecule has 9 nitrogen and oxygen atoms in total. The molecule has 1 heterocycles. The first kappa shape index (κ1) is 23.6. The minimum absolute atomic E-state index is 0.130. The van der Waals surface area contributed by atoms with Crippen molar-refractivity contribution in [2.75, 3.05) is 19.8 Å². The van der Waals surface area contributed by atoms with Gasteiger partial charge in [-0.3, -0.25) is 20.4 Å². The molecule has 172 valence electrons. The monoisotopic (exact) mass is 461 g/mol. The van der Waals surface area contributed by atoms with E-state index in [0.717, 1.165) is 0 Å². The van der Waals surface area contributed by atoms with Crippen molar-refractivity contribution in [3.63, 3.8) is 0 Å². The number of benzene rings is 2. The summed E-state index contributed by atoms with van der Waals surface area (Å²) in [6, 6.07) is 14.0. The molecule has 1 aliphatic rings. The van der Waals surface area contributed by atoms with E-state index in [-0.39, 0.29) is 18.0 Å². The van der Waals surface area contributed by atoms with Crippen molar-refractivity contribution < 1.29 is 27.5 Å². The number of hydrogen-bond acceptors (Lipinski definition) is 6. The Labute approximate surface area is 187 Å². The molecule has 0 aromatic heterocycles. The normalized spacial score (nSPS) is 16.7. The largest absolute Gasteiger partial charge is 0.490 e. The van der Waals surface area contributed by atoms with Crippen LogP contribution in [0.4, 0.5) is 0 Å². The predicted molar refractivity (Wildman–Crippen MR) is 117 cm³/mol. The number of rotatable bonds is 8. The molecule has 0 spiro atoms. The van der Waals surface area contributed by atoms with E-state index in [1.165, 1.54) is 16.4 Å². The van der Waals surface area contributed by atoms with Crippen LogP contribution in [0.25, 0.3) is 0 Å². The number of nitrogens with one attached hydrogen (secondary N) is 2. The molecule has 1 atom stereocenters. The van der Waals surface area contributed by atoms with Crippen molar-refractivity contribution in [3.05, 3.63) is 54.6 Å². The van der Waals surface area contributed by atoms with Gasteiger partial charge in [0.25, 0.3) is 11.8 Å². The fraction of sp³-hybridized carbons (Fsp3) is 0.364. The lowest BCUT2D eigenvalue weighted by Crippen LogP contribution is -2.55. The summed E-state index contributed by atoms with van der Waals surface area (Å²) in [7, 11) is -3.83. The topological polar surface area (TPSA) is 114 Å². The summed E-state index contributed by atoms with van der Waals surface area (Å²) >= 11 is 0. The quantitative estimate of drug-likeness (QED) is 0.580. The smallest absolute Gasteiger partial charge is 0.276 e. The lowest BCUT2D eigenvalue weighted by molar-refractivity contribution is -0.132. The number of amides is 2. The number of hydrazine groups is 1. The lowest BCUT2D eigenvalue weighted by Gasteiger charge is -2.33. The third-order valence-corrected chi connectivity index (χ3v) is 6.86. The van der Waals surface area contributed by atoms with Crippen molar-refractivity contribution in [1.29, 1.82) is 0 Å². The van der Waals surface area contributed by atoms with Gasteiger partial charge in [-0.25, -0.2) is 8.42 Å². The fourth-order valence-corrected chi connectivity index (χ4v) is 5.10. The molecule has 1 fully saturated rings. The molecular weight excluding hydrogens is 434 g/mol. The number of carbonyl (C=O) groups excluding carboxylic acids is 2. The zero-order valence-electron chi connectivity index (χ0n) is 17.8. The van der Waals surface area contributed by atoms with Crippen molar-refractivity contribution in [2.45, 2.75) is 37.1 Å². The van der Waals surface area contributed by atoms with Crippen LogP contribution in [0.3, 0.4) is 0 Å². The van der Waals surface area contributed by atoms with Gasteiger partial charge in [-0.15, -0.1) is 0 Å². The van der Waals surface area contributed by atoms with Crippen LogP contribution in [-0.2, 0) is 19.6 Å². The SMILES string of the molecule is CCOc1ccccc1OCC(=O)NNC(=O)C1CCCCN1S(=O)(=O)c1ccccc1. The molecule has 1 saturated heterocycles. The molecule has 0 bridgehead atoms. The highest BCUT2D eigenvalue weighted by atomic mass is 32.2. The number of carbonyl (C=O) groups is 2. The maximum absolute atomic E-state index is 13.0. The Bertz CT molecular complexity index is 1030. The van der Waals surface area contributed by atoms with Gasteiger partial charge in [0, 0.05) is 6.54 Å². The van der Waals surface area contributed by atoms with E-state index in [4.69, 9.17) is 9.47 Å². The summed E-state index contributed by atoms with van der Waals surface area (Å²) in [5.41, 5.74) is 4.61. The Hall–Kier alpha value is -3.11. The number of ether oxygens (including phenoxy) is 2. The molecule has 10 heteroatoms. The van der Waals surface area contributed by atoms with Gasteiger partial charge in [-0.05, 0) is 44.0 Å². The van der Waals surface area contributed by atoms with Crippen LogP contribution in [-0.4, -0.2) is 50.3 Å². The molecule has 1 unspecified atom stereocenters. The van der Waals surface area contributed by atoms with Gasteiger partial charge in [0.15, 0.2) is 18.1 Å². The van der Waals surface area contributed by atoms with Crippen LogP contribution >= 0.6 is 0 Å². The van der Waals surface area contributed by atoms with Crippen LogP contribution in [0.5, 0.6) is 11.5 Å². The standard InChI is InChI=1S/C22H27N3O6S/c1-2-30-19-13-6-7-14-20(19)31-16-21(26)23-24-22(27)18-12-8-9-15-25(18)32(28,29)17-10-4-3-5-11-17/h3-7,10-11,13-14,18H,2,8-9,12,15-16H2,1H3,(H,23,26)(H,24,27). The first-order valence-electron chi connectivity index (χ1n) is 10.4. The van der Waals surface area contributed by atoms with Gasteiger partial charge >= 0.3 is 0 Å². The predicted octanol–water partition coefficient (Wildman–Crippen LogP) is 1.85. The van der Waals surface area contributed by atoms with Crippen molar-refractivity contribution in [1.82, 2.24) is 15.2 Å². The van der Waals surface area contributed by atoms with E-state index in [0.29, 0.717) is 37.4 Å². The van der Waals surface area contributed by atoms with E-state index in [1.807, 2.05) is 6.92 Å². The van der Waals surface area contributed by atoms with Gasteiger partial charge in [0.05, 0.1) is 11.5 Å². The van der Waals surface area contributed by atoms with Crippen molar-refractivity contribution in [3.8, 4) is 11.5 Å². The Morgan fingerprint density at radius 1 is 0.969 bits per heavy atom. The number of para-hydroxylation sites is 2. The minimum Gasteiger partial charge on any atom is -0.490 e. The molecule has 0 saturated carbocycles. The summed E-state index contributed by atoms with van der Waals surface area (Å²) in [6.45, 7) is 2.18. The van der Waals surface area contributed by atoms with Gasteiger partial charge in [0.1, 0.15) is 6.04 Å². The highest BCUT2D eigenvalue weighted by molar-refractivity contribution is 7.89. The van der Waals surface area contributed by atoms with E-state index in [9.17, 15) is 18.0 Å². The zero-order chi connectivity index (χ0) is 23.0. The molecule has 3 rings (SSSR count). The Morgan fingerprint density at radius 3 is 2.31 bits per heavy atom. The number of piperidine rings is 1.